The lowest BCUT2D eigenvalue weighted by Gasteiger charge is -2.27. The monoisotopic (exact) mass is 1310 g/mol. The second kappa shape index (κ2) is 31.7. The molecule has 9 rings (SSSR count). The molecule has 0 aromatic heterocycles. The number of carboxylic acids is 1. The number of nitrogens with two attached hydrogens (primary N) is 1. The quantitative estimate of drug-likeness (QED) is 0.0350. The van der Waals surface area contributed by atoms with Crippen LogP contribution in [-0.2, 0) is 57.4 Å². The Labute approximate surface area is 528 Å². The van der Waals surface area contributed by atoms with Gasteiger partial charge in [0.05, 0.1) is 33.4 Å². The number of alkyl halides is 3. The predicted octanol–water partition coefficient (Wildman–Crippen LogP) is 4.03. The molecule has 8 N–H and O–H groups in total. The molecule has 0 spiro atoms. The van der Waals surface area contributed by atoms with Crippen LogP contribution in [0.1, 0.15) is 181 Å². The molecular weight excluding hydrogens is 1240 g/mol. The Hall–Kier alpha value is -10.1. The molecule has 6 heterocycles. The molecule has 32 heteroatoms. The molecule has 0 bridgehead atoms. The minimum atomic E-state index is -4.64. The van der Waals surface area contributed by atoms with Gasteiger partial charge in [-0.1, -0.05) is 18.2 Å². The summed E-state index contributed by atoms with van der Waals surface area (Å²) in [6.45, 7) is 12.2. The number of imide groups is 6. The van der Waals surface area contributed by atoms with Crippen molar-refractivity contribution >= 4 is 106 Å². The van der Waals surface area contributed by atoms with Gasteiger partial charge in [0.25, 0.3) is 35.4 Å². The number of esters is 2. The SMILES string of the molecule is CC(C)(C)OC(=O)CCCN.CC(C)(C)OC(=O)CCCNc1cccc2c1C(=O)N(C1CCC(=O)NC1=O)C2=O.O=C(O)CCCNc1cccc2c1C(=O)N(C1CCC(=O)NC1=O)C2=O.O=C1CCC(N2C(=O)c3cccc(F)c3C2=O)C(=O)N1.O=CC(F)(F)F. The van der Waals surface area contributed by atoms with Gasteiger partial charge in [0.15, 0.2) is 0 Å². The highest BCUT2D eigenvalue weighted by Gasteiger charge is 2.48. The van der Waals surface area contributed by atoms with Gasteiger partial charge in [-0.15, -0.1) is 0 Å². The molecule has 0 saturated carbocycles. The number of rotatable bonds is 16. The predicted molar refractivity (Wildman–Crippen MR) is 314 cm³/mol. The van der Waals surface area contributed by atoms with Gasteiger partial charge in [-0.25, -0.2) is 4.39 Å². The van der Waals surface area contributed by atoms with Crippen LogP contribution >= 0.6 is 0 Å². The molecule has 6 aliphatic heterocycles. The molecule has 3 aromatic rings. The number of aliphatic carboxylic acids is 1. The zero-order valence-corrected chi connectivity index (χ0v) is 51.3. The van der Waals surface area contributed by atoms with Crippen molar-refractivity contribution in [2.75, 3.05) is 30.3 Å². The molecule has 3 unspecified atom stereocenters. The van der Waals surface area contributed by atoms with Gasteiger partial charge in [0.2, 0.25) is 41.7 Å². The Kier molecular flexibility index (Phi) is 25.1. The molecule has 3 aromatic carbocycles. The maximum absolute atomic E-state index is 13.7. The third-order valence-corrected chi connectivity index (χ3v) is 13.7. The molecule has 3 saturated heterocycles. The molecule has 0 aliphatic carbocycles. The van der Waals surface area contributed by atoms with Gasteiger partial charge in [-0.2, -0.15) is 13.2 Å². The number of hydrogen-bond donors (Lipinski definition) is 7. The summed E-state index contributed by atoms with van der Waals surface area (Å²) >= 11 is 0. The van der Waals surface area contributed by atoms with E-state index < -0.39 is 119 Å². The normalized spacial score (nSPS) is 18.3. The number of carbonyl (C=O) groups is 16. The number of benzene rings is 3. The summed E-state index contributed by atoms with van der Waals surface area (Å²) in [5, 5.41) is 21.1. The van der Waals surface area contributed by atoms with Gasteiger partial charge >= 0.3 is 24.1 Å². The van der Waals surface area contributed by atoms with Gasteiger partial charge in [0.1, 0.15) is 35.1 Å². The number of nitrogens with one attached hydrogen (secondary N) is 5. The Bertz CT molecular complexity index is 3510. The number of carboxylic acid groups (broad SMARTS) is 1. The number of halogens is 4. The maximum atomic E-state index is 13.7. The fourth-order valence-corrected chi connectivity index (χ4v) is 9.75. The van der Waals surface area contributed by atoms with Crippen LogP contribution in [0.5, 0.6) is 0 Å². The van der Waals surface area contributed by atoms with Crippen molar-refractivity contribution in [1.82, 2.24) is 30.7 Å². The smallest absolute Gasteiger partial charge is 0.446 e. The fourth-order valence-electron chi connectivity index (χ4n) is 9.75. The van der Waals surface area contributed by atoms with E-state index in [1.54, 1.807) is 45.0 Å². The topological polar surface area (TPSA) is 408 Å². The van der Waals surface area contributed by atoms with Crippen molar-refractivity contribution in [1.29, 1.82) is 0 Å². The van der Waals surface area contributed by atoms with Crippen molar-refractivity contribution in [2.45, 2.75) is 154 Å². The first-order valence-corrected chi connectivity index (χ1v) is 29.1. The second-order valence-electron chi connectivity index (χ2n) is 23.1. The van der Waals surface area contributed by atoms with Gasteiger partial charge in [-0.05, 0) is 123 Å². The summed E-state index contributed by atoms with van der Waals surface area (Å²) in [5.74, 6) is -9.34. The van der Waals surface area contributed by atoms with E-state index in [1.165, 1.54) is 24.3 Å². The number of carbonyl (C=O) groups excluding carboxylic acids is 15. The van der Waals surface area contributed by atoms with Crippen molar-refractivity contribution < 1.29 is 109 Å². The van der Waals surface area contributed by atoms with E-state index in [0.717, 1.165) is 20.8 Å². The van der Waals surface area contributed by atoms with Crippen LogP contribution in [-0.4, -0.2) is 170 Å². The third kappa shape index (κ3) is 19.9. The van der Waals surface area contributed by atoms with Gasteiger partial charge in [0, 0.05) is 63.0 Å². The minimum Gasteiger partial charge on any atom is -0.481 e. The second-order valence-corrected chi connectivity index (χ2v) is 23.1. The van der Waals surface area contributed by atoms with E-state index in [4.69, 9.17) is 25.1 Å². The molecule has 500 valence electrons. The maximum Gasteiger partial charge on any atom is 0.446 e. The molecule has 6 aliphatic rings. The molecule has 93 heavy (non-hydrogen) atoms. The fraction of sp³-hybridized carbons (Fsp3) is 0.443. The summed E-state index contributed by atoms with van der Waals surface area (Å²) in [7, 11) is 0. The van der Waals surface area contributed by atoms with Crippen molar-refractivity contribution in [2.24, 2.45) is 5.73 Å². The highest BCUT2D eigenvalue weighted by Crippen LogP contribution is 2.35. The highest BCUT2D eigenvalue weighted by atomic mass is 19.4. The summed E-state index contributed by atoms with van der Waals surface area (Å²) in [5.41, 5.74) is 5.58. The largest absolute Gasteiger partial charge is 0.481 e. The number of piperidine rings is 3. The Morgan fingerprint density at radius 3 is 1.17 bits per heavy atom. The Morgan fingerprint density at radius 2 is 0.860 bits per heavy atom. The van der Waals surface area contributed by atoms with Crippen LogP contribution in [0.3, 0.4) is 0 Å². The number of anilines is 2. The molecule has 12 amide bonds. The molecule has 28 nitrogen and oxygen atoms in total. The lowest BCUT2D eigenvalue weighted by Crippen LogP contribution is -2.54. The first-order chi connectivity index (χ1) is 43.5. The van der Waals surface area contributed by atoms with Crippen molar-refractivity contribution in [3.63, 3.8) is 0 Å². The average Bonchev–Trinajstić information content (AvgIpc) is 1.64. The molecular formula is C61H69F4N9O19. The lowest BCUT2D eigenvalue weighted by molar-refractivity contribution is -0.156. The van der Waals surface area contributed by atoms with Crippen LogP contribution in [0.2, 0.25) is 0 Å². The van der Waals surface area contributed by atoms with E-state index in [9.17, 15) is 89.5 Å². The van der Waals surface area contributed by atoms with Crippen LogP contribution in [0.15, 0.2) is 54.6 Å². The zero-order valence-electron chi connectivity index (χ0n) is 51.3. The number of amides is 12. The summed E-state index contributed by atoms with van der Waals surface area (Å²) in [6, 6.07) is 10.2. The molecule has 3 atom stereocenters. The number of nitrogens with zero attached hydrogens (tertiary/aromatic N) is 3. The highest BCUT2D eigenvalue weighted by molar-refractivity contribution is 6.27. The Balaban J connectivity index is 0.000000227. The number of fused-ring (bicyclic) bond motifs is 3. The van der Waals surface area contributed by atoms with E-state index >= 15 is 0 Å². The first kappa shape index (κ1) is 73.6. The van der Waals surface area contributed by atoms with Crippen molar-refractivity contribution in [3.8, 4) is 0 Å². The van der Waals surface area contributed by atoms with Gasteiger partial charge in [-0.3, -0.25) is 107 Å². The van der Waals surface area contributed by atoms with E-state index in [2.05, 4.69) is 26.6 Å². The number of hydrogen-bond acceptors (Lipinski definition) is 21. The summed E-state index contributed by atoms with van der Waals surface area (Å²) in [4.78, 5) is 190. The van der Waals surface area contributed by atoms with Crippen LogP contribution in [0.4, 0.5) is 28.9 Å². The number of ether oxygens (including phenoxy) is 2. The van der Waals surface area contributed by atoms with Gasteiger partial charge < -0.3 is 30.9 Å². The van der Waals surface area contributed by atoms with Crippen molar-refractivity contribution in [3.05, 3.63) is 93.8 Å². The average molecular weight is 1310 g/mol. The summed E-state index contributed by atoms with van der Waals surface area (Å²) < 4.78 is 55.2. The molecule has 3 fully saturated rings. The summed E-state index contributed by atoms with van der Waals surface area (Å²) in [6.07, 6.45) is -3.11. The molecule has 0 radical (unpaired) electrons. The standard InChI is InChI=1S/C21H25N3O6.C17H17N3O6.C13H9FN2O4.C8H17NO2.C2HF3O/c1-21(2,3)30-16(26)8-5-11-22-13-7-4-6-12-17(13)20(29)24(19(12)28)14-9-10-15(25)23-18(14)27;21-12-7-6-11(15(24)19-12)20-16(25)9-3-1-4-10(14(9)17(20)26)18-8-2-5-13(22)23;14-7-3-1-2-6-10(7)13(20)16(12(6)19)8-4-5-9(17)15-11(8)18;1-8(2,3)11-7(10)5-4-6-9;3-2(4,5)1-6/h4,6-7,14,22H,5,8-11H2,1-3H3,(H,23,25,27);1,3-4,11,18H,2,5-8H2,(H,22,23)(H,19,21,24);1-3,8H,4-5H2,(H,15,17,18);4-6,9H2,1-3H3;1H. The van der Waals surface area contributed by atoms with Crippen LogP contribution in [0.25, 0.3) is 0 Å². The Morgan fingerprint density at radius 1 is 0.538 bits per heavy atom. The lowest BCUT2D eigenvalue weighted by atomic mass is 10.0. The van der Waals surface area contributed by atoms with E-state index in [-0.39, 0.29) is 102 Å². The van der Waals surface area contributed by atoms with Crippen LogP contribution < -0.4 is 32.3 Å². The zero-order chi connectivity index (χ0) is 69.4. The third-order valence-electron chi connectivity index (χ3n) is 13.7. The first-order valence-electron chi connectivity index (χ1n) is 29.1. The van der Waals surface area contributed by atoms with E-state index in [0.29, 0.717) is 56.7 Å². The van der Waals surface area contributed by atoms with Crippen LogP contribution in [0, 0.1) is 5.82 Å². The van der Waals surface area contributed by atoms with E-state index in [1.807, 2.05) is 20.8 Å². The minimum absolute atomic E-state index is 0.0166. The number of aldehydes is 1.